The number of carboxylic acids is 1. The smallest absolute Gasteiger partial charge is 0.311 e. The summed E-state index contributed by atoms with van der Waals surface area (Å²) in [6, 6.07) is 0. The summed E-state index contributed by atoms with van der Waals surface area (Å²) in [6.07, 6.45) is 3.16. The number of rotatable bonds is 4. The van der Waals surface area contributed by atoms with Gasteiger partial charge >= 0.3 is 5.97 Å². The van der Waals surface area contributed by atoms with Gasteiger partial charge in [-0.05, 0) is 28.7 Å². The van der Waals surface area contributed by atoms with Gasteiger partial charge in [0.05, 0.1) is 12.0 Å². The lowest BCUT2D eigenvalue weighted by Gasteiger charge is -2.37. The van der Waals surface area contributed by atoms with Crippen LogP contribution < -0.4 is 0 Å². The lowest BCUT2D eigenvalue weighted by Crippen LogP contribution is -2.42. The minimum absolute atomic E-state index is 0.0858. The number of tetrazole rings is 1. The Balaban J connectivity index is 2.15. The van der Waals surface area contributed by atoms with E-state index < -0.39 is 11.4 Å². The first-order valence-corrected chi connectivity index (χ1v) is 6.31. The highest BCUT2D eigenvalue weighted by molar-refractivity contribution is 5.75. The average molecular weight is 252 g/mol. The molecule has 1 aliphatic carbocycles. The summed E-state index contributed by atoms with van der Waals surface area (Å²) in [7, 11) is 0. The van der Waals surface area contributed by atoms with E-state index >= 15 is 0 Å². The summed E-state index contributed by atoms with van der Waals surface area (Å²) in [5.41, 5.74) is -0.565. The Labute approximate surface area is 106 Å². The van der Waals surface area contributed by atoms with Crippen molar-refractivity contribution in [2.45, 2.75) is 53.0 Å². The van der Waals surface area contributed by atoms with Crippen molar-refractivity contribution < 1.29 is 9.90 Å². The average Bonchev–Trinajstić information content (AvgIpc) is 2.55. The molecule has 0 radical (unpaired) electrons. The van der Waals surface area contributed by atoms with Crippen molar-refractivity contribution in [3.8, 4) is 0 Å². The molecule has 0 spiro atoms. The van der Waals surface area contributed by atoms with Crippen LogP contribution in [-0.2, 0) is 17.8 Å². The summed E-state index contributed by atoms with van der Waals surface area (Å²) in [6.45, 7) is 6.73. The highest BCUT2D eigenvalue weighted by Crippen LogP contribution is 2.42. The maximum atomic E-state index is 11.3. The Bertz CT molecular complexity index is 443. The van der Waals surface area contributed by atoms with Gasteiger partial charge in [-0.1, -0.05) is 27.2 Å². The Morgan fingerprint density at radius 3 is 2.56 bits per heavy atom. The van der Waals surface area contributed by atoms with E-state index in [4.69, 9.17) is 0 Å². The van der Waals surface area contributed by atoms with Crippen LogP contribution in [0.4, 0.5) is 0 Å². The number of carboxylic acid groups (broad SMARTS) is 1. The van der Waals surface area contributed by atoms with Crippen LogP contribution in [0, 0.1) is 10.8 Å². The second-order valence-corrected chi connectivity index (χ2v) is 6.43. The molecule has 0 amide bonds. The van der Waals surface area contributed by atoms with Gasteiger partial charge in [-0.3, -0.25) is 4.79 Å². The monoisotopic (exact) mass is 252 g/mol. The van der Waals surface area contributed by atoms with Gasteiger partial charge in [0.25, 0.3) is 0 Å². The molecule has 1 aromatic heterocycles. The highest BCUT2D eigenvalue weighted by Gasteiger charge is 2.45. The molecule has 1 fully saturated rings. The van der Waals surface area contributed by atoms with Crippen molar-refractivity contribution in [2.24, 2.45) is 10.8 Å². The Morgan fingerprint density at radius 1 is 1.44 bits per heavy atom. The second kappa shape index (κ2) is 4.33. The molecule has 100 valence electrons. The summed E-state index contributed by atoms with van der Waals surface area (Å²) in [5, 5.41) is 21.0. The molecule has 2 rings (SSSR count). The van der Waals surface area contributed by atoms with Crippen molar-refractivity contribution >= 4 is 5.97 Å². The number of aromatic nitrogens is 4. The van der Waals surface area contributed by atoms with Gasteiger partial charge in [0.15, 0.2) is 5.82 Å². The third-order valence-electron chi connectivity index (χ3n) is 3.51. The van der Waals surface area contributed by atoms with Crippen molar-refractivity contribution in [3.05, 3.63) is 5.82 Å². The molecule has 18 heavy (non-hydrogen) atoms. The first kappa shape index (κ1) is 13.0. The predicted molar refractivity (Wildman–Crippen MR) is 64.9 cm³/mol. The molecule has 0 unspecified atom stereocenters. The number of aliphatic carboxylic acids is 1. The molecule has 0 aliphatic heterocycles. The van der Waals surface area contributed by atoms with Crippen molar-refractivity contribution in [2.75, 3.05) is 0 Å². The van der Waals surface area contributed by atoms with Gasteiger partial charge in [-0.15, -0.1) is 5.10 Å². The van der Waals surface area contributed by atoms with Crippen LogP contribution in [0.5, 0.6) is 0 Å². The first-order chi connectivity index (χ1) is 8.32. The van der Waals surface area contributed by atoms with Gasteiger partial charge in [-0.25, -0.2) is 4.68 Å². The molecule has 0 bridgehead atoms. The van der Waals surface area contributed by atoms with Gasteiger partial charge < -0.3 is 5.11 Å². The predicted octanol–water partition coefficient (Wildman–Crippen LogP) is 1.52. The number of carbonyl (C=O) groups is 1. The minimum Gasteiger partial charge on any atom is -0.481 e. The number of hydrogen-bond acceptors (Lipinski definition) is 4. The van der Waals surface area contributed by atoms with Crippen LogP contribution >= 0.6 is 0 Å². The maximum Gasteiger partial charge on any atom is 0.311 e. The van der Waals surface area contributed by atoms with E-state index in [0.717, 1.165) is 31.5 Å². The topological polar surface area (TPSA) is 80.9 Å². The fourth-order valence-electron chi connectivity index (χ4n) is 2.28. The first-order valence-electron chi connectivity index (χ1n) is 6.31. The van der Waals surface area contributed by atoms with Crippen molar-refractivity contribution in [1.29, 1.82) is 0 Å². The highest BCUT2D eigenvalue weighted by atomic mass is 16.4. The molecule has 1 N–H and O–H groups in total. The van der Waals surface area contributed by atoms with E-state index in [9.17, 15) is 9.90 Å². The lowest BCUT2D eigenvalue weighted by atomic mass is 9.69. The molecular formula is C12H20N4O2. The number of nitrogens with zero attached hydrogens (tertiary/aromatic N) is 4. The number of hydrogen-bond donors (Lipinski definition) is 1. The van der Waals surface area contributed by atoms with E-state index in [1.165, 1.54) is 0 Å². The van der Waals surface area contributed by atoms with Crippen LogP contribution in [0.25, 0.3) is 0 Å². The van der Waals surface area contributed by atoms with Crippen LogP contribution in [0.2, 0.25) is 0 Å². The molecule has 0 saturated heterocycles. The van der Waals surface area contributed by atoms with Gasteiger partial charge in [0.1, 0.15) is 0 Å². The molecule has 6 heteroatoms. The SMILES string of the molecule is CC(C)(C)Cc1nnnn1CC1(C(=O)O)CCC1. The standard InChI is InChI=1S/C12H20N4O2/c1-11(2,3)7-9-13-14-15-16(9)8-12(10(17)18)5-4-6-12/h4-8H2,1-3H3,(H,17,18). The molecule has 1 aromatic rings. The second-order valence-electron chi connectivity index (χ2n) is 6.43. The molecule has 1 aliphatic rings. The Kier molecular flexibility index (Phi) is 3.12. The van der Waals surface area contributed by atoms with Crippen molar-refractivity contribution in [3.63, 3.8) is 0 Å². The Morgan fingerprint density at radius 2 is 2.11 bits per heavy atom. The maximum absolute atomic E-state index is 11.3. The Hall–Kier alpha value is -1.46. The summed E-state index contributed by atoms with van der Waals surface area (Å²) < 4.78 is 1.67. The quantitative estimate of drug-likeness (QED) is 0.878. The molecule has 0 aromatic carbocycles. The third kappa shape index (κ3) is 2.52. The fourth-order valence-corrected chi connectivity index (χ4v) is 2.28. The molecule has 0 atom stereocenters. The lowest BCUT2D eigenvalue weighted by molar-refractivity contribution is -0.156. The van der Waals surface area contributed by atoms with Gasteiger partial charge in [-0.2, -0.15) is 0 Å². The normalized spacial score (nSPS) is 18.4. The van der Waals surface area contributed by atoms with Crippen LogP contribution in [0.3, 0.4) is 0 Å². The van der Waals surface area contributed by atoms with Crippen molar-refractivity contribution in [1.82, 2.24) is 20.2 Å². The van der Waals surface area contributed by atoms with E-state index in [1.54, 1.807) is 4.68 Å². The third-order valence-corrected chi connectivity index (χ3v) is 3.51. The van der Waals surface area contributed by atoms with E-state index in [2.05, 4.69) is 36.3 Å². The van der Waals surface area contributed by atoms with Crippen LogP contribution in [-0.4, -0.2) is 31.3 Å². The van der Waals surface area contributed by atoms with Gasteiger partial charge in [0, 0.05) is 6.42 Å². The van der Waals surface area contributed by atoms with Gasteiger partial charge in [0.2, 0.25) is 0 Å². The van der Waals surface area contributed by atoms with Crippen LogP contribution in [0.15, 0.2) is 0 Å². The zero-order valence-corrected chi connectivity index (χ0v) is 11.2. The zero-order chi connectivity index (χ0) is 13.4. The van der Waals surface area contributed by atoms with Crippen LogP contribution in [0.1, 0.15) is 45.9 Å². The fraction of sp³-hybridized carbons (Fsp3) is 0.833. The molecular weight excluding hydrogens is 232 g/mol. The molecule has 1 saturated carbocycles. The molecule has 6 nitrogen and oxygen atoms in total. The molecule has 1 heterocycles. The summed E-state index contributed by atoms with van der Waals surface area (Å²) >= 11 is 0. The minimum atomic E-state index is -0.731. The summed E-state index contributed by atoms with van der Waals surface area (Å²) in [5.74, 6) is 0.0426. The summed E-state index contributed by atoms with van der Waals surface area (Å²) in [4.78, 5) is 11.3. The van der Waals surface area contributed by atoms with E-state index in [0.29, 0.717) is 6.54 Å². The van der Waals surface area contributed by atoms with E-state index in [1.807, 2.05) is 0 Å². The largest absolute Gasteiger partial charge is 0.481 e. The van der Waals surface area contributed by atoms with E-state index in [-0.39, 0.29) is 5.41 Å². The zero-order valence-electron chi connectivity index (χ0n) is 11.2.